The molecule has 1 aliphatic rings. The number of nitrogens with one attached hydrogen (secondary N) is 1. The molecular weight excluding hydrogens is 394 g/mol. The van der Waals surface area contributed by atoms with E-state index in [0.29, 0.717) is 16.7 Å². The number of ether oxygens (including phenoxy) is 1. The molecule has 0 spiro atoms. The van der Waals surface area contributed by atoms with Gasteiger partial charge < -0.3 is 10.1 Å². The van der Waals surface area contributed by atoms with Crippen LogP contribution in [0.4, 0.5) is 5.69 Å². The number of rotatable bonds is 4. The smallest absolute Gasteiger partial charge is 0.247 e. The average Bonchev–Trinajstić information content (AvgIpc) is 2.96. The molecule has 5 rings (SSSR count). The summed E-state index contributed by atoms with van der Waals surface area (Å²) in [6.07, 6.45) is 1.28. The maximum atomic E-state index is 6.23. The second kappa shape index (κ2) is 8.12. The molecule has 0 aliphatic carbocycles. The van der Waals surface area contributed by atoms with E-state index in [1.165, 1.54) is 22.9 Å². The van der Waals surface area contributed by atoms with Crippen molar-refractivity contribution in [3.63, 3.8) is 0 Å². The number of hydrogen-bond donors (Lipinski definition) is 1. The van der Waals surface area contributed by atoms with E-state index in [1.807, 2.05) is 42.5 Å². The molecule has 0 amide bonds. The van der Waals surface area contributed by atoms with Crippen LogP contribution in [0.3, 0.4) is 0 Å². The van der Waals surface area contributed by atoms with Crippen LogP contribution in [0, 0.1) is 6.92 Å². The van der Waals surface area contributed by atoms with Gasteiger partial charge in [0.25, 0.3) is 0 Å². The second-order valence-electron chi connectivity index (χ2n) is 6.96. The molecule has 0 fully saturated rings. The zero-order chi connectivity index (χ0) is 20.3. The minimum Gasteiger partial charge on any atom is -0.446 e. The van der Waals surface area contributed by atoms with E-state index in [9.17, 15) is 0 Å². The zero-order valence-corrected chi connectivity index (χ0v) is 17.1. The van der Waals surface area contributed by atoms with Gasteiger partial charge in [-0.2, -0.15) is 4.98 Å². The second-order valence-corrected chi connectivity index (χ2v) is 7.91. The van der Waals surface area contributed by atoms with Crippen LogP contribution in [0.1, 0.15) is 23.0 Å². The Morgan fingerprint density at radius 1 is 0.967 bits per heavy atom. The molecule has 3 heterocycles. The Kier molecular flexibility index (Phi) is 5.03. The number of para-hydroxylation sites is 1. The van der Waals surface area contributed by atoms with Crippen molar-refractivity contribution in [2.24, 2.45) is 0 Å². The molecule has 2 aromatic carbocycles. The highest BCUT2D eigenvalue weighted by atomic mass is 32.2. The molecule has 2 aromatic heterocycles. The maximum Gasteiger partial charge on any atom is 0.247 e. The third kappa shape index (κ3) is 3.84. The largest absolute Gasteiger partial charge is 0.446 e. The minimum absolute atomic E-state index is 0.449. The number of fused-ring (bicyclic) bond motifs is 3. The van der Waals surface area contributed by atoms with Gasteiger partial charge >= 0.3 is 0 Å². The maximum absolute atomic E-state index is 6.23. The van der Waals surface area contributed by atoms with Crippen LogP contribution in [-0.2, 0) is 5.75 Å². The van der Waals surface area contributed by atoms with Crippen LogP contribution in [0.15, 0.2) is 78.1 Å². The van der Waals surface area contributed by atoms with E-state index in [0.717, 1.165) is 22.7 Å². The fraction of sp³-hybridized carbons (Fsp3) is 0.130. The number of hydrogen-bond acceptors (Lipinski definition) is 7. The van der Waals surface area contributed by atoms with Crippen molar-refractivity contribution in [3.8, 4) is 17.1 Å². The molecule has 148 valence electrons. The summed E-state index contributed by atoms with van der Waals surface area (Å²) in [5.74, 6) is 1.21. The quantitative estimate of drug-likeness (QED) is 0.470. The van der Waals surface area contributed by atoms with Crippen molar-refractivity contribution in [1.82, 2.24) is 20.2 Å². The van der Waals surface area contributed by atoms with E-state index in [2.05, 4.69) is 56.7 Å². The average molecular weight is 414 g/mol. The number of thioether (sulfide) groups is 1. The van der Waals surface area contributed by atoms with Gasteiger partial charge in [-0.3, -0.25) is 4.98 Å². The van der Waals surface area contributed by atoms with Gasteiger partial charge in [0.2, 0.25) is 17.3 Å². The standard InChI is InChI=1S/C23H19N5OS/c1-15-9-11-16(12-10-15)14-30-23-26-22-20(27-28-23)17-6-2-3-7-18(17)25-21(29-22)19-8-4-5-13-24-19/h2-13,21,25H,14H2,1H3/t21-/m0/s1. The first-order chi connectivity index (χ1) is 14.8. The molecule has 0 bridgehead atoms. The van der Waals surface area contributed by atoms with Crippen molar-refractivity contribution in [3.05, 3.63) is 89.7 Å². The summed E-state index contributed by atoms with van der Waals surface area (Å²) in [5, 5.41) is 12.8. The normalized spacial score (nSPS) is 14.6. The molecule has 0 saturated carbocycles. The van der Waals surface area contributed by atoms with E-state index < -0.39 is 6.23 Å². The van der Waals surface area contributed by atoms with Crippen LogP contribution < -0.4 is 10.1 Å². The number of aryl methyl sites for hydroxylation is 1. The Balaban J connectivity index is 1.48. The van der Waals surface area contributed by atoms with Crippen molar-refractivity contribution >= 4 is 17.4 Å². The van der Waals surface area contributed by atoms with Crippen molar-refractivity contribution in [1.29, 1.82) is 0 Å². The third-order valence-corrected chi connectivity index (χ3v) is 5.69. The summed E-state index contributed by atoms with van der Waals surface area (Å²) in [7, 11) is 0. The van der Waals surface area contributed by atoms with E-state index in [-0.39, 0.29) is 0 Å². The van der Waals surface area contributed by atoms with E-state index in [4.69, 9.17) is 4.74 Å². The molecular formula is C23H19N5OS. The lowest BCUT2D eigenvalue weighted by Crippen LogP contribution is -2.18. The summed E-state index contributed by atoms with van der Waals surface area (Å²) >= 11 is 1.54. The third-order valence-electron chi connectivity index (χ3n) is 4.78. The molecule has 0 unspecified atom stereocenters. The highest BCUT2D eigenvalue weighted by Gasteiger charge is 2.26. The molecule has 1 atom stereocenters. The number of nitrogens with zero attached hydrogens (tertiary/aromatic N) is 4. The van der Waals surface area contributed by atoms with Gasteiger partial charge in [-0.25, -0.2) is 0 Å². The lowest BCUT2D eigenvalue weighted by Gasteiger charge is -2.18. The van der Waals surface area contributed by atoms with Gasteiger partial charge in [-0.05, 0) is 30.7 Å². The number of pyridine rings is 1. The highest BCUT2D eigenvalue weighted by Crippen LogP contribution is 2.39. The van der Waals surface area contributed by atoms with E-state index in [1.54, 1.807) is 6.20 Å². The molecule has 0 radical (unpaired) electrons. The Hall–Kier alpha value is -3.45. The molecule has 0 saturated heterocycles. The highest BCUT2D eigenvalue weighted by molar-refractivity contribution is 7.98. The first-order valence-electron chi connectivity index (χ1n) is 9.63. The number of benzene rings is 2. The van der Waals surface area contributed by atoms with Gasteiger partial charge in [0.1, 0.15) is 5.69 Å². The summed E-state index contributed by atoms with van der Waals surface area (Å²) in [4.78, 5) is 9.12. The Labute approximate surface area is 178 Å². The number of aromatic nitrogens is 4. The van der Waals surface area contributed by atoms with Crippen LogP contribution in [-0.4, -0.2) is 20.2 Å². The number of anilines is 1. The van der Waals surface area contributed by atoms with Gasteiger partial charge in [0.05, 0.1) is 0 Å². The summed E-state index contributed by atoms with van der Waals surface area (Å²) in [6, 6.07) is 22.1. The first-order valence-corrected chi connectivity index (χ1v) is 10.6. The molecule has 4 aromatic rings. The summed E-state index contributed by atoms with van der Waals surface area (Å²) in [5.41, 5.74) is 5.66. The fourth-order valence-electron chi connectivity index (χ4n) is 3.21. The predicted molar refractivity (Wildman–Crippen MR) is 117 cm³/mol. The minimum atomic E-state index is -0.472. The SMILES string of the molecule is Cc1ccc(CSc2nnc3c(n2)O[C@@H](c2ccccn2)Nc2ccccc2-3)cc1. The Morgan fingerprint density at radius 2 is 1.80 bits per heavy atom. The van der Waals surface area contributed by atoms with Gasteiger partial charge in [0.15, 0.2) is 5.69 Å². The molecule has 6 nitrogen and oxygen atoms in total. The Bertz CT molecular complexity index is 1170. The predicted octanol–water partition coefficient (Wildman–Crippen LogP) is 5.04. The lowest BCUT2D eigenvalue weighted by molar-refractivity contribution is 0.220. The molecule has 1 aliphatic heterocycles. The monoisotopic (exact) mass is 413 g/mol. The van der Waals surface area contributed by atoms with Gasteiger partial charge in [-0.15, -0.1) is 10.2 Å². The van der Waals surface area contributed by atoms with Crippen LogP contribution in [0.2, 0.25) is 0 Å². The molecule has 7 heteroatoms. The first kappa shape index (κ1) is 18.6. The van der Waals surface area contributed by atoms with Crippen LogP contribution >= 0.6 is 11.8 Å². The fourth-order valence-corrected chi connectivity index (χ4v) is 3.94. The van der Waals surface area contributed by atoms with Crippen LogP contribution in [0.5, 0.6) is 5.88 Å². The Morgan fingerprint density at radius 3 is 2.63 bits per heavy atom. The van der Waals surface area contributed by atoms with Crippen molar-refractivity contribution in [2.75, 3.05) is 5.32 Å². The van der Waals surface area contributed by atoms with Crippen molar-refractivity contribution < 1.29 is 4.74 Å². The van der Waals surface area contributed by atoms with E-state index >= 15 is 0 Å². The van der Waals surface area contributed by atoms with Crippen molar-refractivity contribution in [2.45, 2.75) is 24.1 Å². The summed E-state index contributed by atoms with van der Waals surface area (Å²) in [6.45, 7) is 2.08. The zero-order valence-electron chi connectivity index (χ0n) is 16.3. The van der Waals surface area contributed by atoms with Gasteiger partial charge in [0, 0.05) is 23.2 Å². The molecule has 1 N–H and O–H groups in total. The topological polar surface area (TPSA) is 72.8 Å². The molecule has 30 heavy (non-hydrogen) atoms. The lowest BCUT2D eigenvalue weighted by atomic mass is 10.1. The van der Waals surface area contributed by atoms with Gasteiger partial charge in [-0.1, -0.05) is 65.9 Å². The summed E-state index contributed by atoms with van der Waals surface area (Å²) < 4.78 is 6.23. The van der Waals surface area contributed by atoms with Crippen LogP contribution in [0.25, 0.3) is 11.3 Å².